The van der Waals surface area contributed by atoms with Crippen molar-refractivity contribution in [2.24, 2.45) is 0 Å². The molecule has 5 heteroatoms. The van der Waals surface area contributed by atoms with Crippen LogP contribution >= 0.6 is 11.3 Å². The molecule has 0 aliphatic heterocycles. The number of nitrogens with one attached hydrogen (secondary N) is 2. The first kappa shape index (κ1) is 12.5. The summed E-state index contributed by atoms with van der Waals surface area (Å²) in [6.45, 7) is 2.38. The molecule has 2 rings (SSSR count). The molecule has 0 bridgehead atoms. The highest BCUT2D eigenvalue weighted by Crippen LogP contribution is 2.17. The smallest absolute Gasteiger partial charge is 0.234 e. The van der Waals surface area contributed by atoms with Crippen molar-refractivity contribution in [2.45, 2.75) is 44.7 Å². The third-order valence-corrected chi connectivity index (χ3v) is 4.06. The normalized spacial score (nSPS) is 18.2. The quantitative estimate of drug-likeness (QED) is 0.842. The number of hydrogen-bond acceptors (Lipinski definition) is 4. The molecule has 1 atom stereocenters. The number of carbonyl (C=O) groups is 1. The van der Waals surface area contributed by atoms with Gasteiger partial charge in [-0.2, -0.15) is 0 Å². The van der Waals surface area contributed by atoms with Gasteiger partial charge in [0.15, 0.2) is 0 Å². The zero-order valence-corrected chi connectivity index (χ0v) is 10.9. The van der Waals surface area contributed by atoms with Crippen molar-refractivity contribution in [3.05, 3.63) is 16.6 Å². The third-order valence-electron chi connectivity index (χ3n) is 3.11. The highest BCUT2D eigenvalue weighted by molar-refractivity contribution is 7.09. The number of rotatable bonds is 5. The Hall–Kier alpha value is -0.940. The molecule has 4 nitrogen and oxygen atoms in total. The number of carbonyl (C=O) groups excluding carboxylic acids is 1. The van der Waals surface area contributed by atoms with E-state index in [0.717, 1.165) is 5.01 Å². The molecule has 94 valence electrons. The van der Waals surface area contributed by atoms with Crippen molar-refractivity contribution in [1.82, 2.24) is 15.6 Å². The van der Waals surface area contributed by atoms with Crippen molar-refractivity contribution in [3.8, 4) is 0 Å². The predicted octanol–water partition coefficient (Wildman–Crippen LogP) is 1.85. The van der Waals surface area contributed by atoms with Crippen LogP contribution < -0.4 is 10.6 Å². The molecule has 1 unspecified atom stereocenters. The van der Waals surface area contributed by atoms with Crippen molar-refractivity contribution in [1.29, 1.82) is 0 Å². The molecule has 0 radical (unpaired) electrons. The van der Waals surface area contributed by atoms with E-state index in [9.17, 15) is 4.79 Å². The first-order valence-corrected chi connectivity index (χ1v) is 7.06. The maximum Gasteiger partial charge on any atom is 0.234 e. The van der Waals surface area contributed by atoms with E-state index < -0.39 is 0 Å². The van der Waals surface area contributed by atoms with E-state index in [2.05, 4.69) is 15.6 Å². The maximum atomic E-state index is 11.7. The van der Waals surface area contributed by atoms with E-state index in [1.54, 1.807) is 17.5 Å². The maximum absolute atomic E-state index is 11.7. The minimum atomic E-state index is 0.00729. The number of thiazole rings is 1. The van der Waals surface area contributed by atoms with Gasteiger partial charge in [-0.3, -0.25) is 4.79 Å². The first-order chi connectivity index (χ1) is 8.25. The molecule has 1 aromatic heterocycles. The van der Waals surface area contributed by atoms with Crippen LogP contribution in [0.1, 0.15) is 43.7 Å². The number of hydrogen-bond donors (Lipinski definition) is 2. The van der Waals surface area contributed by atoms with E-state index >= 15 is 0 Å². The van der Waals surface area contributed by atoms with E-state index in [-0.39, 0.29) is 11.9 Å². The van der Waals surface area contributed by atoms with Gasteiger partial charge in [-0.05, 0) is 19.8 Å². The Morgan fingerprint density at radius 3 is 3.00 bits per heavy atom. The molecule has 0 spiro atoms. The number of aromatic nitrogens is 1. The Morgan fingerprint density at radius 1 is 1.59 bits per heavy atom. The fraction of sp³-hybridized carbons (Fsp3) is 0.667. The van der Waals surface area contributed by atoms with Crippen LogP contribution in [0.15, 0.2) is 11.6 Å². The van der Waals surface area contributed by atoms with Gasteiger partial charge in [0, 0.05) is 17.6 Å². The van der Waals surface area contributed by atoms with Crippen LogP contribution in [0.4, 0.5) is 0 Å². The molecule has 2 N–H and O–H groups in total. The second kappa shape index (κ2) is 6.12. The summed E-state index contributed by atoms with van der Waals surface area (Å²) in [7, 11) is 0. The average molecular weight is 253 g/mol. The van der Waals surface area contributed by atoms with Gasteiger partial charge in [-0.1, -0.05) is 12.8 Å². The highest BCUT2D eigenvalue weighted by atomic mass is 32.1. The van der Waals surface area contributed by atoms with Gasteiger partial charge in [0.2, 0.25) is 5.91 Å². The lowest BCUT2D eigenvalue weighted by Crippen LogP contribution is -2.39. The fourth-order valence-corrected chi connectivity index (χ4v) is 2.82. The standard InChI is InChI=1S/C12H19N3OS/c1-9(12-13-6-7-17-12)15-11(16)8-14-10-4-2-3-5-10/h6-7,9-10,14H,2-5,8H2,1H3,(H,15,16). The Kier molecular flexibility index (Phi) is 4.50. The van der Waals surface area contributed by atoms with Gasteiger partial charge in [0.05, 0.1) is 12.6 Å². The lowest BCUT2D eigenvalue weighted by atomic mass is 10.2. The molecule has 0 aromatic carbocycles. The summed E-state index contributed by atoms with van der Waals surface area (Å²) < 4.78 is 0. The van der Waals surface area contributed by atoms with Crippen LogP contribution in [0.2, 0.25) is 0 Å². The molecule has 1 saturated carbocycles. The van der Waals surface area contributed by atoms with Crippen LogP contribution in [-0.4, -0.2) is 23.5 Å². The largest absolute Gasteiger partial charge is 0.346 e. The molecular formula is C12H19N3OS. The minimum Gasteiger partial charge on any atom is -0.346 e. The molecule has 0 saturated heterocycles. The van der Waals surface area contributed by atoms with Crippen LogP contribution in [0.25, 0.3) is 0 Å². The molecule has 1 aliphatic rings. The second-order valence-corrected chi connectivity index (χ2v) is 5.45. The zero-order valence-electron chi connectivity index (χ0n) is 10.1. The minimum absolute atomic E-state index is 0.00729. The van der Waals surface area contributed by atoms with Crippen molar-refractivity contribution in [3.63, 3.8) is 0 Å². The SMILES string of the molecule is CC(NC(=O)CNC1CCCC1)c1nccs1. The van der Waals surface area contributed by atoms with Gasteiger partial charge in [-0.25, -0.2) is 4.98 Å². The molecule has 1 fully saturated rings. The predicted molar refractivity (Wildman–Crippen MR) is 68.9 cm³/mol. The summed E-state index contributed by atoms with van der Waals surface area (Å²) in [4.78, 5) is 15.9. The van der Waals surface area contributed by atoms with E-state index in [0.29, 0.717) is 12.6 Å². The summed E-state index contributed by atoms with van der Waals surface area (Å²) in [5.74, 6) is 0.0552. The van der Waals surface area contributed by atoms with Gasteiger partial charge in [0.25, 0.3) is 0 Å². The second-order valence-electron chi connectivity index (χ2n) is 4.52. The number of amides is 1. The fourth-order valence-electron chi connectivity index (χ4n) is 2.17. The molecule has 17 heavy (non-hydrogen) atoms. The molecular weight excluding hydrogens is 234 g/mol. The Labute approximate surface area is 106 Å². The monoisotopic (exact) mass is 253 g/mol. The van der Waals surface area contributed by atoms with E-state index in [1.165, 1.54) is 25.7 Å². The first-order valence-electron chi connectivity index (χ1n) is 6.18. The van der Waals surface area contributed by atoms with Gasteiger partial charge in [-0.15, -0.1) is 11.3 Å². The van der Waals surface area contributed by atoms with Crippen LogP contribution in [0.5, 0.6) is 0 Å². The summed E-state index contributed by atoms with van der Waals surface area (Å²) in [6.07, 6.45) is 6.74. The van der Waals surface area contributed by atoms with E-state index in [4.69, 9.17) is 0 Å². The van der Waals surface area contributed by atoms with E-state index in [1.807, 2.05) is 12.3 Å². The molecule has 1 heterocycles. The Bertz CT molecular complexity index is 347. The summed E-state index contributed by atoms with van der Waals surface area (Å²) in [5, 5.41) is 9.14. The number of nitrogens with zero attached hydrogens (tertiary/aromatic N) is 1. The average Bonchev–Trinajstić information content (AvgIpc) is 2.99. The van der Waals surface area contributed by atoms with Gasteiger partial charge < -0.3 is 10.6 Å². The van der Waals surface area contributed by atoms with Gasteiger partial charge in [0.1, 0.15) is 5.01 Å². The highest BCUT2D eigenvalue weighted by Gasteiger charge is 2.16. The van der Waals surface area contributed by atoms with Crippen LogP contribution in [0.3, 0.4) is 0 Å². The molecule has 1 aromatic rings. The van der Waals surface area contributed by atoms with Gasteiger partial charge >= 0.3 is 0 Å². The summed E-state index contributed by atoms with van der Waals surface area (Å²) in [5.41, 5.74) is 0. The van der Waals surface area contributed by atoms with Crippen LogP contribution in [-0.2, 0) is 4.79 Å². The third kappa shape index (κ3) is 3.78. The molecule has 1 aliphatic carbocycles. The molecule has 1 amide bonds. The van der Waals surface area contributed by atoms with Crippen molar-refractivity contribution in [2.75, 3.05) is 6.54 Å². The zero-order chi connectivity index (χ0) is 12.1. The lowest BCUT2D eigenvalue weighted by molar-refractivity contribution is -0.121. The topological polar surface area (TPSA) is 54.0 Å². The van der Waals surface area contributed by atoms with Crippen molar-refractivity contribution < 1.29 is 4.79 Å². The van der Waals surface area contributed by atoms with Crippen molar-refractivity contribution >= 4 is 17.2 Å². The summed E-state index contributed by atoms with van der Waals surface area (Å²) >= 11 is 1.57. The Balaban J connectivity index is 1.69. The Morgan fingerprint density at radius 2 is 2.35 bits per heavy atom. The summed E-state index contributed by atoms with van der Waals surface area (Å²) in [6, 6.07) is 0.545. The lowest BCUT2D eigenvalue weighted by Gasteiger charge is -2.14. The van der Waals surface area contributed by atoms with Crippen LogP contribution in [0, 0.1) is 0 Å².